The Morgan fingerprint density at radius 1 is 1.53 bits per heavy atom. The second-order valence-electron chi connectivity index (χ2n) is 3.96. The van der Waals surface area contributed by atoms with Gasteiger partial charge in [-0.15, -0.1) is 11.3 Å². The van der Waals surface area contributed by atoms with Crippen LogP contribution in [-0.4, -0.2) is 18.6 Å². The number of aromatic nitrogens is 1. The molecule has 0 saturated carbocycles. The number of nitrogens with two attached hydrogens (primary N) is 1. The number of anilines is 1. The van der Waals surface area contributed by atoms with Gasteiger partial charge in [0.1, 0.15) is 0 Å². The van der Waals surface area contributed by atoms with Crippen LogP contribution in [-0.2, 0) is 0 Å². The molecule has 0 amide bonds. The molecule has 0 aliphatic carbocycles. The Hall–Kier alpha value is -0.610. The number of unbranched alkanes of at least 4 members (excludes halogenated alkanes) is 2. The second-order valence-corrected chi connectivity index (χ2v) is 5.00. The Balaban J connectivity index is 2.47. The molecule has 1 unspecified atom stereocenters. The van der Waals surface area contributed by atoms with Gasteiger partial charge in [-0.3, -0.25) is 0 Å². The third kappa shape index (κ3) is 3.80. The Kier molecular flexibility index (Phi) is 5.05. The van der Waals surface area contributed by atoms with E-state index in [1.165, 1.54) is 19.3 Å². The van der Waals surface area contributed by atoms with E-state index in [4.69, 9.17) is 5.73 Å². The van der Waals surface area contributed by atoms with E-state index in [0.717, 1.165) is 16.6 Å². The summed E-state index contributed by atoms with van der Waals surface area (Å²) in [5, 5.41) is 1.08. The van der Waals surface area contributed by atoms with Gasteiger partial charge in [-0.05, 0) is 13.3 Å². The van der Waals surface area contributed by atoms with E-state index in [0.29, 0.717) is 0 Å². The number of hydrogen-bond donors (Lipinski definition) is 1. The van der Waals surface area contributed by atoms with Crippen LogP contribution in [0.3, 0.4) is 0 Å². The van der Waals surface area contributed by atoms with Gasteiger partial charge in [0, 0.05) is 30.7 Å². The van der Waals surface area contributed by atoms with Crippen LogP contribution in [0.25, 0.3) is 0 Å². The summed E-state index contributed by atoms with van der Waals surface area (Å²) in [4.78, 5) is 7.75. The largest absolute Gasteiger partial charge is 0.351 e. The van der Waals surface area contributed by atoms with E-state index in [1.54, 1.807) is 11.3 Å². The highest BCUT2D eigenvalue weighted by Crippen LogP contribution is 2.25. The first kappa shape index (κ1) is 12.5. The molecule has 0 aromatic carbocycles. The zero-order chi connectivity index (χ0) is 11.3. The predicted octanol–water partition coefficient (Wildman–Crippen LogP) is 2.79. The molecule has 1 aromatic rings. The van der Waals surface area contributed by atoms with Crippen LogP contribution in [0.5, 0.6) is 0 Å². The quantitative estimate of drug-likeness (QED) is 0.760. The second kappa shape index (κ2) is 6.08. The standard InChI is InChI=1S/C11H21N3S/c1-4-5-6-7-14(3)11-13-8-10(15-11)9(2)12/h8-9H,4-7,12H2,1-3H3. The zero-order valence-electron chi connectivity index (χ0n) is 9.86. The van der Waals surface area contributed by atoms with Crippen LogP contribution in [0, 0.1) is 0 Å². The van der Waals surface area contributed by atoms with Crippen molar-refractivity contribution >= 4 is 16.5 Å². The van der Waals surface area contributed by atoms with Gasteiger partial charge in [-0.25, -0.2) is 4.98 Å². The molecule has 0 fully saturated rings. The molecule has 1 rings (SSSR count). The molecule has 15 heavy (non-hydrogen) atoms. The van der Waals surface area contributed by atoms with E-state index in [1.807, 2.05) is 13.1 Å². The normalized spacial score (nSPS) is 12.8. The minimum absolute atomic E-state index is 0.0975. The number of nitrogens with zero attached hydrogens (tertiary/aromatic N) is 2. The molecule has 0 bridgehead atoms. The monoisotopic (exact) mass is 227 g/mol. The fourth-order valence-electron chi connectivity index (χ4n) is 1.36. The average Bonchev–Trinajstić information content (AvgIpc) is 2.66. The van der Waals surface area contributed by atoms with Crippen molar-refractivity contribution in [1.29, 1.82) is 0 Å². The lowest BCUT2D eigenvalue weighted by molar-refractivity contribution is 0.704. The summed E-state index contributed by atoms with van der Waals surface area (Å²) in [6.07, 6.45) is 5.67. The topological polar surface area (TPSA) is 42.2 Å². The van der Waals surface area contributed by atoms with Crippen molar-refractivity contribution in [2.24, 2.45) is 5.73 Å². The van der Waals surface area contributed by atoms with E-state index in [9.17, 15) is 0 Å². The van der Waals surface area contributed by atoms with E-state index in [-0.39, 0.29) is 6.04 Å². The van der Waals surface area contributed by atoms with Crippen LogP contribution >= 0.6 is 11.3 Å². The van der Waals surface area contributed by atoms with Crippen molar-refractivity contribution in [2.45, 2.75) is 39.2 Å². The summed E-state index contributed by atoms with van der Waals surface area (Å²) in [6.45, 7) is 5.30. The fraction of sp³-hybridized carbons (Fsp3) is 0.727. The van der Waals surface area contributed by atoms with Crippen LogP contribution in [0.4, 0.5) is 5.13 Å². The highest BCUT2D eigenvalue weighted by molar-refractivity contribution is 7.15. The molecule has 1 atom stereocenters. The van der Waals surface area contributed by atoms with Gasteiger partial charge in [0.2, 0.25) is 0 Å². The molecule has 4 heteroatoms. The molecule has 86 valence electrons. The molecule has 0 aliphatic rings. The predicted molar refractivity (Wildman–Crippen MR) is 67.5 cm³/mol. The molecule has 0 spiro atoms. The summed E-state index contributed by atoms with van der Waals surface area (Å²) >= 11 is 1.70. The van der Waals surface area contributed by atoms with E-state index >= 15 is 0 Å². The van der Waals surface area contributed by atoms with Gasteiger partial charge >= 0.3 is 0 Å². The van der Waals surface area contributed by atoms with Gasteiger partial charge < -0.3 is 10.6 Å². The SMILES string of the molecule is CCCCCN(C)c1ncc(C(C)N)s1. The maximum atomic E-state index is 5.80. The van der Waals surface area contributed by atoms with E-state index < -0.39 is 0 Å². The maximum absolute atomic E-state index is 5.80. The highest BCUT2D eigenvalue weighted by atomic mass is 32.1. The van der Waals surface area contributed by atoms with Crippen molar-refractivity contribution in [3.05, 3.63) is 11.1 Å². The Bertz CT molecular complexity index is 283. The van der Waals surface area contributed by atoms with Gasteiger partial charge in [0.25, 0.3) is 0 Å². The van der Waals surface area contributed by atoms with Crippen LogP contribution in [0.2, 0.25) is 0 Å². The van der Waals surface area contributed by atoms with Crippen LogP contribution < -0.4 is 10.6 Å². The third-order valence-electron chi connectivity index (χ3n) is 2.38. The van der Waals surface area contributed by atoms with Crippen molar-refractivity contribution < 1.29 is 0 Å². The third-order valence-corrected chi connectivity index (χ3v) is 3.70. The minimum Gasteiger partial charge on any atom is -0.351 e. The zero-order valence-corrected chi connectivity index (χ0v) is 10.7. The number of rotatable bonds is 6. The van der Waals surface area contributed by atoms with Crippen LogP contribution in [0.1, 0.15) is 44.0 Å². The molecule has 1 heterocycles. The highest BCUT2D eigenvalue weighted by Gasteiger charge is 2.08. The Labute approximate surface area is 96.3 Å². The summed E-state index contributed by atoms with van der Waals surface area (Å²) in [5.41, 5.74) is 5.80. The van der Waals surface area contributed by atoms with Crippen molar-refractivity contribution in [3.8, 4) is 0 Å². The smallest absolute Gasteiger partial charge is 0.185 e. The van der Waals surface area contributed by atoms with Gasteiger partial charge in [0.05, 0.1) is 0 Å². The molecule has 0 radical (unpaired) electrons. The average molecular weight is 227 g/mol. The van der Waals surface area contributed by atoms with Gasteiger partial charge in [0.15, 0.2) is 5.13 Å². The lowest BCUT2D eigenvalue weighted by atomic mass is 10.2. The van der Waals surface area contributed by atoms with Crippen LogP contribution in [0.15, 0.2) is 6.20 Å². The molecule has 2 N–H and O–H groups in total. The summed E-state index contributed by atoms with van der Waals surface area (Å²) in [6, 6.07) is 0.0975. The van der Waals surface area contributed by atoms with Crippen molar-refractivity contribution in [2.75, 3.05) is 18.5 Å². The maximum Gasteiger partial charge on any atom is 0.185 e. The molecule has 0 saturated heterocycles. The Morgan fingerprint density at radius 3 is 2.80 bits per heavy atom. The van der Waals surface area contributed by atoms with Gasteiger partial charge in [-0.2, -0.15) is 0 Å². The summed E-state index contributed by atoms with van der Waals surface area (Å²) in [7, 11) is 2.10. The first-order valence-electron chi connectivity index (χ1n) is 5.57. The van der Waals surface area contributed by atoms with Crippen molar-refractivity contribution in [3.63, 3.8) is 0 Å². The first-order chi connectivity index (χ1) is 7.15. The minimum atomic E-state index is 0.0975. The van der Waals surface area contributed by atoms with Crippen molar-refractivity contribution in [1.82, 2.24) is 4.98 Å². The number of thiazole rings is 1. The molecular formula is C11H21N3S. The molecule has 1 aromatic heterocycles. The lowest BCUT2D eigenvalue weighted by Gasteiger charge is -2.14. The molecular weight excluding hydrogens is 206 g/mol. The summed E-state index contributed by atoms with van der Waals surface area (Å²) in [5.74, 6) is 0. The fourth-order valence-corrected chi connectivity index (χ4v) is 2.21. The van der Waals surface area contributed by atoms with Gasteiger partial charge in [-0.1, -0.05) is 19.8 Å². The first-order valence-corrected chi connectivity index (χ1v) is 6.39. The lowest BCUT2D eigenvalue weighted by Crippen LogP contribution is -2.17. The molecule has 0 aliphatic heterocycles. The molecule has 3 nitrogen and oxygen atoms in total. The van der Waals surface area contributed by atoms with E-state index in [2.05, 4.69) is 23.9 Å². The Morgan fingerprint density at radius 2 is 2.27 bits per heavy atom. The summed E-state index contributed by atoms with van der Waals surface area (Å²) < 4.78 is 0. The number of hydrogen-bond acceptors (Lipinski definition) is 4.